The minimum atomic E-state index is -0.318. The number of halogens is 2. The molecule has 0 saturated carbocycles. The van der Waals surface area contributed by atoms with Crippen molar-refractivity contribution >= 4 is 34.8 Å². The van der Waals surface area contributed by atoms with E-state index in [0.29, 0.717) is 32.8 Å². The molecule has 0 aliphatic heterocycles. The second kappa shape index (κ2) is 8.52. The number of nitrogens with zero attached hydrogens (tertiary/aromatic N) is 4. The monoisotopic (exact) mass is 438 g/mol. The zero-order valence-electron chi connectivity index (χ0n) is 15.6. The molecule has 4 aromatic rings. The van der Waals surface area contributed by atoms with Crippen LogP contribution in [0.5, 0.6) is 0 Å². The Morgan fingerprint density at radius 3 is 2.70 bits per heavy atom. The number of carbonyl (C=O) groups excluding carboxylic acids is 1. The van der Waals surface area contributed by atoms with Gasteiger partial charge in [0.05, 0.1) is 23.3 Å². The average molecular weight is 439 g/mol. The fourth-order valence-electron chi connectivity index (χ4n) is 2.87. The molecule has 2 aromatic carbocycles. The van der Waals surface area contributed by atoms with Crippen LogP contribution < -0.4 is 11.1 Å². The van der Waals surface area contributed by atoms with Gasteiger partial charge >= 0.3 is 0 Å². The number of hydrogen-bond acceptors (Lipinski definition) is 5. The predicted molar refractivity (Wildman–Crippen MR) is 117 cm³/mol. The fourth-order valence-corrected chi connectivity index (χ4v) is 3.23. The lowest BCUT2D eigenvalue weighted by atomic mass is 10.0. The van der Waals surface area contributed by atoms with Gasteiger partial charge in [-0.3, -0.25) is 4.79 Å². The Morgan fingerprint density at radius 2 is 1.90 bits per heavy atom. The van der Waals surface area contributed by atoms with Crippen molar-refractivity contribution in [1.82, 2.24) is 25.3 Å². The van der Waals surface area contributed by atoms with Gasteiger partial charge in [-0.2, -0.15) is 0 Å². The number of pyridine rings is 1. The van der Waals surface area contributed by atoms with Crippen molar-refractivity contribution < 1.29 is 4.79 Å². The first-order chi connectivity index (χ1) is 14.5. The van der Waals surface area contributed by atoms with E-state index in [4.69, 9.17) is 28.9 Å². The highest BCUT2D eigenvalue weighted by Gasteiger charge is 2.13. The number of nitrogens with one attached hydrogen (secondary N) is 1. The van der Waals surface area contributed by atoms with Crippen LogP contribution in [0.2, 0.25) is 10.0 Å². The number of hydrogen-bond donors (Lipinski definition) is 2. The average Bonchev–Trinajstić information content (AvgIpc) is 3.21. The van der Waals surface area contributed by atoms with Crippen molar-refractivity contribution in [2.75, 3.05) is 5.73 Å². The van der Waals surface area contributed by atoms with E-state index in [1.54, 1.807) is 42.7 Å². The van der Waals surface area contributed by atoms with Crippen molar-refractivity contribution in [3.8, 4) is 16.9 Å². The Balaban J connectivity index is 1.49. The molecule has 1 amide bonds. The van der Waals surface area contributed by atoms with Crippen molar-refractivity contribution in [3.05, 3.63) is 88.3 Å². The summed E-state index contributed by atoms with van der Waals surface area (Å²) in [7, 11) is 0. The van der Waals surface area contributed by atoms with Crippen LogP contribution in [0, 0.1) is 0 Å². The molecular weight excluding hydrogens is 423 g/mol. The SMILES string of the molecule is Nc1cccc(-c2ccc(Cl)c(C(=O)NCc3cn(-c4cc(Cl)ccn4)nn3)c2)c1. The Kier molecular flexibility index (Phi) is 5.65. The van der Waals surface area contributed by atoms with Gasteiger partial charge in [0.1, 0.15) is 5.69 Å². The maximum absolute atomic E-state index is 12.7. The summed E-state index contributed by atoms with van der Waals surface area (Å²) in [6.45, 7) is 0.179. The van der Waals surface area contributed by atoms with E-state index in [1.807, 2.05) is 24.3 Å². The molecule has 2 aromatic heterocycles. The smallest absolute Gasteiger partial charge is 0.253 e. The van der Waals surface area contributed by atoms with Crippen molar-refractivity contribution in [1.29, 1.82) is 0 Å². The summed E-state index contributed by atoms with van der Waals surface area (Å²) in [6, 6.07) is 16.0. The second-order valence-corrected chi connectivity index (χ2v) is 7.33. The number of benzene rings is 2. The van der Waals surface area contributed by atoms with Gasteiger partial charge < -0.3 is 11.1 Å². The summed E-state index contributed by atoms with van der Waals surface area (Å²) >= 11 is 12.2. The highest BCUT2D eigenvalue weighted by atomic mass is 35.5. The minimum Gasteiger partial charge on any atom is -0.399 e. The molecule has 0 bridgehead atoms. The van der Waals surface area contributed by atoms with E-state index >= 15 is 0 Å². The number of nitrogen functional groups attached to an aromatic ring is 1. The number of amides is 1. The van der Waals surface area contributed by atoms with Gasteiger partial charge in [0.15, 0.2) is 5.82 Å². The highest BCUT2D eigenvalue weighted by Crippen LogP contribution is 2.26. The third kappa shape index (κ3) is 4.42. The van der Waals surface area contributed by atoms with Crippen molar-refractivity contribution in [2.24, 2.45) is 0 Å². The lowest BCUT2D eigenvalue weighted by molar-refractivity contribution is 0.0950. The first kappa shape index (κ1) is 19.9. The molecule has 0 aliphatic carbocycles. The van der Waals surface area contributed by atoms with E-state index < -0.39 is 0 Å². The fraction of sp³-hybridized carbons (Fsp3) is 0.0476. The van der Waals surface area contributed by atoms with Crippen LogP contribution in [0.4, 0.5) is 5.69 Å². The number of anilines is 1. The van der Waals surface area contributed by atoms with Gasteiger partial charge in [0.2, 0.25) is 0 Å². The largest absolute Gasteiger partial charge is 0.399 e. The van der Waals surface area contributed by atoms with Gasteiger partial charge in [0, 0.05) is 23.0 Å². The Bertz CT molecular complexity index is 1220. The maximum atomic E-state index is 12.7. The van der Waals surface area contributed by atoms with Crippen LogP contribution in [0.3, 0.4) is 0 Å². The molecule has 0 spiro atoms. The van der Waals surface area contributed by atoms with Crippen LogP contribution in [-0.2, 0) is 6.54 Å². The zero-order valence-corrected chi connectivity index (χ0v) is 17.1. The van der Waals surface area contributed by atoms with E-state index in [1.165, 1.54) is 4.68 Å². The minimum absolute atomic E-state index is 0.179. The van der Waals surface area contributed by atoms with E-state index in [-0.39, 0.29) is 12.5 Å². The quantitative estimate of drug-likeness (QED) is 0.456. The molecular formula is C21H16Cl2N6O. The van der Waals surface area contributed by atoms with Crippen LogP contribution in [0.15, 0.2) is 67.0 Å². The first-order valence-corrected chi connectivity index (χ1v) is 9.72. The normalized spacial score (nSPS) is 10.7. The molecule has 0 unspecified atom stereocenters. The molecule has 2 heterocycles. The third-order valence-electron chi connectivity index (χ3n) is 4.34. The van der Waals surface area contributed by atoms with Gasteiger partial charge in [-0.1, -0.05) is 46.6 Å². The Labute approximate surface area is 182 Å². The van der Waals surface area contributed by atoms with Gasteiger partial charge in [-0.15, -0.1) is 5.10 Å². The van der Waals surface area contributed by atoms with Gasteiger partial charge in [-0.05, 0) is 41.5 Å². The molecule has 7 nitrogen and oxygen atoms in total. The zero-order chi connectivity index (χ0) is 21.1. The van der Waals surface area contributed by atoms with Crippen LogP contribution in [0.1, 0.15) is 16.1 Å². The summed E-state index contributed by atoms with van der Waals surface area (Å²) in [5, 5.41) is 11.8. The van der Waals surface area contributed by atoms with Crippen LogP contribution in [-0.4, -0.2) is 25.9 Å². The summed E-state index contributed by atoms with van der Waals surface area (Å²) in [5.41, 5.74) is 9.17. The molecule has 0 radical (unpaired) electrons. The standard InChI is InChI=1S/C21H16Cl2N6O/c22-15-6-7-25-20(10-15)29-12-17(27-28-29)11-26-21(30)18-9-14(4-5-19(18)23)13-2-1-3-16(24)8-13/h1-10,12H,11,24H2,(H,26,30). The molecule has 0 aliphatic rings. The third-order valence-corrected chi connectivity index (χ3v) is 4.91. The van der Waals surface area contributed by atoms with Gasteiger partial charge in [0.25, 0.3) is 5.91 Å². The highest BCUT2D eigenvalue weighted by molar-refractivity contribution is 6.34. The molecule has 3 N–H and O–H groups in total. The Hall–Kier alpha value is -3.42. The maximum Gasteiger partial charge on any atom is 0.253 e. The molecule has 0 fully saturated rings. The number of carbonyl (C=O) groups is 1. The first-order valence-electron chi connectivity index (χ1n) is 8.96. The molecule has 0 atom stereocenters. The second-order valence-electron chi connectivity index (χ2n) is 6.49. The number of nitrogens with two attached hydrogens (primary N) is 1. The van der Waals surface area contributed by atoms with E-state index in [0.717, 1.165) is 11.1 Å². The van der Waals surface area contributed by atoms with Crippen LogP contribution in [0.25, 0.3) is 16.9 Å². The molecule has 9 heteroatoms. The predicted octanol–water partition coefficient (Wildman–Crippen LogP) is 4.15. The summed E-state index contributed by atoms with van der Waals surface area (Å²) in [6.07, 6.45) is 3.25. The van der Waals surface area contributed by atoms with E-state index in [9.17, 15) is 4.79 Å². The molecule has 0 saturated heterocycles. The van der Waals surface area contributed by atoms with Gasteiger partial charge in [-0.25, -0.2) is 9.67 Å². The molecule has 150 valence electrons. The summed E-state index contributed by atoms with van der Waals surface area (Å²) < 4.78 is 1.49. The van der Waals surface area contributed by atoms with E-state index in [2.05, 4.69) is 20.6 Å². The Morgan fingerprint density at radius 1 is 1.07 bits per heavy atom. The van der Waals surface area contributed by atoms with Crippen molar-refractivity contribution in [2.45, 2.75) is 6.54 Å². The lowest BCUT2D eigenvalue weighted by Crippen LogP contribution is -2.23. The van der Waals surface area contributed by atoms with Crippen LogP contribution >= 0.6 is 23.2 Å². The lowest BCUT2D eigenvalue weighted by Gasteiger charge is -2.09. The van der Waals surface area contributed by atoms with Crippen molar-refractivity contribution in [3.63, 3.8) is 0 Å². The summed E-state index contributed by atoms with van der Waals surface area (Å²) in [4.78, 5) is 16.9. The summed E-state index contributed by atoms with van der Waals surface area (Å²) in [5.74, 6) is 0.214. The molecule has 4 rings (SSSR count). The number of aromatic nitrogens is 4. The number of rotatable bonds is 5. The molecule has 30 heavy (non-hydrogen) atoms. The topological polar surface area (TPSA) is 98.7 Å².